The third kappa shape index (κ3) is 3.65. The van der Waals surface area contributed by atoms with Crippen LogP contribution in [-0.4, -0.2) is 42.1 Å². The topological polar surface area (TPSA) is 66.8 Å². The predicted molar refractivity (Wildman–Crippen MR) is 94.7 cm³/mol. The lowest BCUT2D eigenvalue weighted by Crippen LogP contribution is -2.48. The third-order valence-electron chi connectivity index (χ3n) is 5.85. The summed E-state index contributed by atoms with van der Waals surface area (Å²) in [6.07, 6.45) is 5.68. The number of aliphatic carboxylic acids is 1. The summed E-state index contributed by atoms with van der Waals surface area (Å²) in [6, 6.07) is 7.91. The van der Waals surface area contributed by atoms with E-state index in [2.05, 4.69) is 0 Å². The standard InChI is InChI=1S/C20H27NO4/c1-25-17-6-4-5-16(14-17)20(9-2-3-10-20)19(24)21-11-7-15(8-12-21)13-18(22)23/h4-6,14-15H,2-3,7-13H2,1H3,(H,22,23). The van der Waals surface area contributed by atoms with Gasteiger partial charge in [-0.1, -0.05) is 25.0 Å². The van der Waals surface area contributed by atoms with Crippen LogP contribution in [-0.2, 0) is 15.0 Å². The molecule has 0 spiro atoms. The van der Waals surface area contributed by atoms with E-state index < -0.39 is 11.4 Å². The first-order valence-electron chi connectivity index (χ1n) is 9.21. The molecule has 1 aromatic rings. The number of amides is 1. The SMILES string of the molecule is COc1cccc(C2(C(=O)N3CCC(CC(=O)O)CC3)CCCC2)c1. The first-order valence-corrected chi connectivity index (χ1v) is 9.21. The molecule has 1 saturated heterocycles. The molecule has 2 fully saturated rings. The van der Waals surface area contributed by atoms with Crippen molar-refractivity contribution in [1.29, 1.82) is 0 Å². The van der Waals surface area contributed by atoms with Gasteiger partial charge in [-0.25, -0.2) is 0 Å². The van der Waals surface area contributed by atoms with Gasteiger partial charge in [0, 0.05) is 19.5 Å². The normalized spacial score (nSPS) is 20.4. The first-order chi connectivity index (χ1) is 12.0. The summed E-state index contributed by atoms with van der Waals surface area (Å²) in [5.41, 5.74) is 0.621. The second-order valence-electron chi connectivity index (χ2n) is 7.35. The molecule has 136 valence electrons. The maximum absolute atomic E-state index is 13.4. The number of nitrogens with zero attached hydrogens (tertiary/aromatic N) is 1. The minimum absolute atomic E-state index is 0.192. The van der Waals surface area contributed by atoms with Crippen LogP contribution in [0.4, 0.5) is 0 Å². The van der Waals surface area contributed by atoms with Crippen molar-refractivity contribution in [3.05, 3.63) is 29.8 Å². The van der Waals surface area contributed by atoms with Crippen LogP contribution in [0.1, 0.15) is 50.5 Å². The summed E-state index contributed by atoms with van der Waals surface area (Å²) in [5, 5.41) is 8.96. The number of rotatable bonds is 5. The van der Waals surface area contributed by atoms with Gasteiger partial charge in [0.05, 0.1) is 12.5 Å². The Morgan fingerprint density at radius 2 is 1.92 bits per heavy atom. The summed E-state index contributed by atoms with van der Waals surface area (Å²) >= 11 is 0. The number of ether oxygens (including phenoxy) is 1. The number of piperidine rings is 1. The number of methoxy groups -OCH3 is 1. The largest absolute Gasteiger partial charge is 0.497 e. The Morgan fingerprint density at radius 1 is 1.24 bits per heavy atom. The van der Waals surface area contributed by atoms with Crippen molar-refractivity contribution in [2.24, 2.45) is 5.92 Å². The van der Waals surface area contributed by atoms with Gasteiger partial charge < -0.3 is 14.7 Å². The van der Waals surface area contributed by atoms with Crippen LogP contribution in [0, 0.1) is 5.92 Å². The molecule has 3 rings (SSSR count). The number of carbonyl (C=O) groups excluding carboxylic acids is 1. The molecule has 1 saturated carbocycles. The molecule has 0 radical (unpaired) electrons. The Hall–Kier alpha value is -2.04. The Morgan fingerprint density at radius 3 is 2.52 bits per heavy atom. The summed E-state index contributed by atoms with van der Waals surface area (Å²) in [5.74, 6) is 0.454. The van der Waals surface area contributed by atoms with Gasteiger partial charge in [0.15, 0.2) is 0 Å². The van der Waals surface area contributed by atoms with Crippen LogP contribution in [0.3, 0.4) is 0 Å². The third-order valence-corrected chi connectivity index (χ3v) is 5.85. The second-order valence-corrected chi connectivity index (χ2v) is 7.35. The van der Waals surface area contributed by atoms with E-state index in [1.807, 2.05) is 29.2 Å². The minimum atomic E-state index is -0.742. The quantitative estimate of drug-likeness (QED) is 0.890. The number of carbonyl (C=O) groups is 2. The Kier molecular flexibility index (Phi) is 5.30. The van der Waals surface area contributed by atoms with Crippen LogP contribution in [0.5, 0.6) is 5.75 Å². The summed E-state index contributed by atoms with van der Waals surface area (Å²) < 4.78 is 5.36. The molecule has 1 heterocycles. The highest BCUT2D eigenvalue weighted by molar-refractivity contribution is 5.89. The van der Waals surface area contributed by atoms with Crippen molar-refractivity contribution in [2.75, 3.05) is 20.2 Å². The summed E-state index contributed by atoms with van der Waals surface area (Å²) in [4.78, 5) is 26.3. The maximum Gasteiger partial charge on any atom is 0.303 e. The van der Waals surface area contributed by atoms with E-state index in [9.17, 15) is 9.59 Å². The van der Waals surface area contributed by atoms with Gasteiger partial charge in [0.1, 0.15) is 5.75 Å². The van der Waals surface area contributed by atoms with Crippen molar-refractivity contribution in [3.8, 4) is 5.75 Å². The molecule has 1 amide bonds. The van der Waals surface area contributed by atoms with Crippen molar-refractivity contribution < 1.29 is 19.4 Å². The Balaban J connectivity index is 1.77. The lowest BCUT2D eigenvalue weighted by atomic mass is 9.76. The molecule has 1 aromatic carbocycles. The fraction of sp³-hybridized carbons (Fsp3) is 0.600. The van der Waals surface area contributed by atoms with E-state index in [1.54, 1.807) is 7.11 Å². The molecular weight excluding hydrogens is 318 g/mol. The van der Waals surface area contributed by atoms with E-state index >= 15 is 0 Å². The molecule has 0 bridgehead atoms. The number of benzene rings is 1. The molecule has 5 heteroatoms. The maximum atomic E-state index is 13.4. The van der Waals surface area contributed by atoms with Crippen LogP contribution in [0.2, 0.25) is 0 Å². The molecule has 0 atom stereocenters. The lowest BCUT2D eigenvalue weighted by Gasteiger charge is -2.38. The molecule has 25 heavy (non-hydrogen) atoms. The highest BCUT2D eigenvalue weighted by atomic mass is 16.5. The van der Waals surface area contributed by atoms with Crippen LogP contribution in [0.25, 0.3) is 0 Å². The van der Waals surface area contributed by atoms with Crippen molar-refractivity contribution >= 4 is 11.9 Å². The van der Waals surface area contributed by atoms with Crippen molar-refractivity contribution in [3.63, 3.8) is 0 Å². The zero-order valence-corrected chi connectivity index (χ0v) is 14.9. The van der Waals surface area contributed by atoms with Gasteiger partial charge >= 0.3 is 5.97 Å². The van der Waals surface area contributed by atoms with Gasteiger partial charge in [-0.2, -0.15) is 0 Å². The molecule has 0 unspecified atom stereocenters. The molecule has 1 aliphatic heterocycles. The smallest absolute Gasteiger partial charge is 0.303 e. The van der Waals surface area contributed by atoms with Crippen LogP contribution < -0.4 is 4.74 Å². The molecule has 2 aliphatic rings. The monoisotopic (exact) mass is 345 g/mol. The first kappa shape index (κ1) is 17.8. The number of likely N-dealkylation sites (tertiary alicyclic amines) is 1. The number of hydrogen-bond acceptors (Lipinski definition) is 3. The highest BCUT2D eigenvalue weighted by Gasteiger charge is 2.45. The van der Waals surface area contributed by atoms with Crippen molar-refractivity contribution in [1.82, 2.24) is 4.90 Å². The Bertz CT molecular complexity index is 628. The van der Waals surface area contributed by atoms with Gasteiger partial charge in [0.2, 0.25) is 5.91 Å². The van der Waals surface area contributed by atoms with E-state index in [0.29, 0.717) is 13.1 Å². The average Bonchev–Trinajstić information content (AvgIpc) is 3.12. The molecule has 1 aliphatic carbocycles. The Labute approximate surface area is 149 Å². The molecular formula is C20H27NO4. The second kappa shape index (κ2) is 7.46. The van der Waals surface area contributed by atoms with E-state index in [0.717, 1.165) is 49.8 Å². The van der Waals surface area contributed by atoms with E-state index in [4.69, 9.17) is 9.84 Å². The fourth-order valence-corrected chi connectivity index (χ4v) is 4.42. The molecule has 1 N–H and O–H groups in total. The van der Waals surface area contributed by atoms with Gasteiger partial charge in [-0.15, -0.1) is 0 Å². The lowest BCUT2D eigenvalue weighted by molar-refractivity contribution is -0.140. The van der Waals surface area contributed by atoms with E-state index in [-0.39, 0.29) is 18.2 Å². The average molecular weight is 345 g/mol. The number of carboxylic acid groups (broad SMARTS) is 1. The summed E-state index contributed by atoms with van der Waals surface area (Å²) in [6.45, 7) is 1.34. The molecule has 0 aromatic heterocycles. The zero-order chi connectivity index (χ0) is 17.9. The van der Waals surface area contributed by atoms with Gasteiger partial charge in [-0.05, 0) is 49.3 Å². The number of hydrogen-bond donors (Lipinski definition) is 1. The fourth-order valence-electron chi connectivity index (χ4n) is 4.42. The number of carboxylic acids is 1. The van der Waals surface area contributed by atoms with E-state index in [1.165, 1.54) is 0 Å². The minimum Gasteiger partial charge on any atom is -0.497 e. The summed E-state index contributed by atoms with van der Waals surface area (Å²) in [7, 11) is 1.65. The van der Waals surface area contributed by atoms with Crippen LogP contribution in [0.15, 0.2) is 24.3 Å². The van der Waals surface area contributed by atoms with Gasteiger partial charge in [0.25, 0.3) is 0 Å². The molecule has 5 nitrogen and oxygen atoms in total. The van der Waals surface area contributed by atoms with Crippen LogP contribution >= 0.6 is 0 Å². The zero-order valence-electron chi connectivity index (χ0n) is 14.9. The highest BCUT2D eigenvalue weighted by Crippen LogP contribution is 2.44. The van der Waals surface area contributed by atoms with Crippen molar-refractivity contribution in [2.45, 2.75) is 50.4 Å². The van der Waals surface area contributed by atoms with Gasteiger partial charge in [-0.3, -0.25) is 9.59 Å². The predicted octanol–water partition coefficient (Wildman–Crippen LogP) is 3.22.